The van der Waals surface area contributed by atoms with Gasteiger partial charge in [-0.3, -0.25) is 0 Å². The van der Waals surface area contributed by atoms with Gasteiger partial charge in [0.1, 0.15) is 0 Å². The van der Waals surface area contributed by atoms with E-state index >= 15 is 0 Å². The van der Waals surface area contributed by atoms with Crippen LogP contribution in [0.3, 0.4) is 0 Å². The highest BCUT2D eigenvalue weighted by molar-refractivity contribution is 6.13. The van der Waals surface area contributed by atoms with Crippen molar-refractivity contribution in [3.63, 3.8) is 0 Å². The lowest BCUT2D eigenvalue weighted by atomic mass is 10.0. The molecule has 1 aliphatic heterocycles. The molecule has 2 aromatic carbocycles. The summed E-state index contributed by atoms with van der Waals surface area (Å²) in [4.78, 5) is 16.6. The Balaban J connectivity index is 1.95. The zero-order valence-corrected chi connectivity index (χ0v) is 16.6. The van der Waals surface area contributed by atoms with E-state index in [1.807, 2.05) is 24.3 Å². The Kier molecular flexibility index (Phi) is 5.68. The van der Waals surface area contributed by atoms with Gasteiger partial charge in [-0.15, -0.1) is 0 Å². The van der Waals surface area contributed by atoms with Crippen LogP contribution in [0.5, 0.6) is 17.2 Å². The highest BCUT2D eigenvalue weighted by Crippen LogP contribution is 2.39. The summed E-state index contributed by atoms with van der Waals surface area (Å²) in [6.07, 6.45) is 1.71. The lowest BCUT2D eigenvalue weighted by Crippen LogP contribution is -2.06. The average molecular weight is 381 g/mol. The fourth-order valence-electron chi connectivity index (χ4n) is 2.87. The third-order valence-electron chi connectivity index (χ3n) is 4.44. The quantitative estimate of drug-likeness (QED) is 0.555. The summed E-state index contributed by atoms with van der Waals surface area (Å²) in [5, 5.41) is 0. The molecule has 6 nitrogen and oxygen atoms in total. The SMILES string of the molecule is COc1cc(C2=N/C(=C/c3ccc(C(C)C)cc3)C(=O)O2)cc(OC)c1OC. The van der Waals surface area contributed by atoms with Crippen LogP contribution in [0.15, 0.2) is 47.1 Å². The number of carbonyl (C=O) groups is 1. The number of rotatable bonds is 6. The lowest BCUT2D eigenvalue weighted by molar-refractivity contribution is -0.129. The molecule has 0 saturated carbocycles. The average Bonchev–Trinajstić information content (AvgIpc) is 3.07. The summed E-state index contributed by atoms with van der Waals surface area (Å²) in [5.41, 5.74) is 2.91. The van der Waals surface area contributed by atoms with Crippen molar-refractivity contribution in [2.24, 2.45) is 4.99 Å². The Morgan fingerprint density at radius 1 is 0.964 bits per heavy atom. The zero-order valence-electron chi connectivity index (χ0n) is 16.6. The van der Waals surface area contributed by atoms with E-state index in [1.165, 1.54) is 26.9 Å². The van der Waals surface area contributed by atoms with E-state index in [0.717, 1.165) is 5.56 Å². The number of methoxy groups -OCH3 is 3. The first-order chi connectivity index (χ1) is 13.5. The molecule has 1 aliphatic rings. The van der Waals surface area contributed by atoms with Gasteiger partial charge < -0.3 is 18.9 Å². The van der Waals surface area contributed by atoms with Crippen molar-refractivity contribution in [2.75, 3.05) is 21.3 Å². The molecule has 0 aliphatic carbocycles. The first-order valence-electron chi connectivity index (χ1n) is 8.89. The zero-order chi connectivity index (χ0) is 20.3. The van der Waals surface area contributed by atoms with Crippen LogP contribution in [0.4, 0.5) is 0 Å². The summed E-state index contributed by atoms with van der Waals surface area (Å²) in [6.45, 7) is 4.27. The molecule has 6 heteroatoms. The first-order valence-corrected chi connectivity index (χ1v) is 8.89. The second-order valence-electron chi connectivity index (χ2n) is 6.57. The molecule has 0 N–H and O–H groups in total. The van der Waals surface area contributed by atoms with Gasteiger partial charge in [-0.2, -0.15) is 0 Å². The minimum Gasteiger partial charge on any atom is -0.493 e. The molecule has 28 heavy (non-hydrogen) atoms. The van der Waals surface area contributed by atoms with Gasteiger partial charge in [0.2, 0.25) is 11.6 Å². The largest absolute Gasteiger partial charge is 0.493 e. The van der Waals surface area contributed by atoms with Crippen LogP contribution >= 0.6 is 0 Å². The van der Waals surface area contributed by atoms with E-state index in [4.69, 9.17) is 18.9 Å². The van der Waals surface area contributed by atoms with Crippen molar-refractivity contribution >= 4 is 17.9 Å². The molecule has 146 valence electrons. The first kappa shape index (κ1) is 19.5. The monoisotopic (exact) mass is 381 g/mol. The number of hydrogen-bond acceptors (Lipinski definition) is 6. The van der Waals surface area contributed by atoms with Crippen LogP contribution in [0.25, 0.3) is 6.08 Å². The molecule has 0 fully saturated rings. The van der Waals surface area contributed by atoms with Crippen LogP contribution < -0.4 is 14.2 Å². The van der Waals surface area contributed by atoms with Gasteiger partial charge in [0, 0.05) is 5.56 Å². The fraction of sp³-hybridized carbons (Fsp3) is 0.273. The molecule has 2 aromatic rings. The molecular formula is C22H23NO5. The van der Waals surface area contributed by atoms with Crippen LogP contribution in [0.2, 0.25) is 0 Å². The topological polar surface area (TPSA) is 66.4 Å². The maximum absolute atomic E-state index is 12.3. The fourth-order valence-corrected chi connectivity index (χ4v) is 2.87. The Bertz CT molecular complexity index is 917. The molecule has 1 heterocycles. The smallest absolute Gasteiger partial charge is 0.363 e. The Morgan fingerprint density at radius 3 is 2.07 bits per heavy atom. The van der Waals surface area contributed by atoms with Crippen molar-refractivity contribution in [3.8, 4) is 17.2 Å². The van der Waals surface area contributed by atoms with Crippen LogP contribution in [-0.4, -0.2) is 33.2 Å². The third-order valence-corrected chi connectivity index (χ3v) is 4.44. The molecule has 0 atom stereocenters. The summed E-state index contributed by atoms with van der Waals surface area (Å²) in [7, 11) is 4.57. The van der Waals surface area contributed by atoms with Gasteiger partial charge in [-0.25, -0.2) is 9.79 Å². The minimum absolute atomic E-state index is 0.189. The van der Waals surface area contributed by atoms with Crippen molar-refractivity contribution in [1.82, 2.24) is 0 Å². The minimum atomic E-state index is -0.503. The van der Waals surface area contributed by atoms with Gasteiger partial charge in [-0.1, -0.05) is 38.1 Å². The molecule has 0 unspecified atom stereocenters. The summed E-state index contributed by atoms with van der Waals surface area (Å²) >= 11 is 0. The highest BCUT2D eigenvalue weighted by atomic mass is 16.6. The number of carbonyl (C=O) groups excluding carboxylic acids is 1. The summed E-state index contributed by atoms with van der Waals surface area (Å²) in [6, 6.07) is 11.4. The standard InChI is InChI=1S/C22H23NO5/c1-13(2)15-8-6-14(7-9-15)10-17-22(24)28-21(23-17)16-11-18(25-3)20(27-5)19(12-16)26-4/h6-13H,1-5H3/b17-10+. The van der Waals surface area contributed by atoms with Crippen molar-refractivity contribution in [3.05, 3.63) is 58.8 Å². The van der Waals surface area contributed by atoms with Crippen LogP contribution in [0, 0.1) is 0 Å². The number of aliphatic imine (C=N–C) groups is 1. The number of esters is 1. The predicted molar refractivity (Wildman–Crippen MR) is 107 cm³/mol. The number of nitrogens with zero attached hydrogens (tertiary/aromatic N) is 1. The van der Waals surface area contributed by atoms with E-state index in [9.17, 15) is 4.79 Å². The van der Waals surface area contributed by atoms with Crippen molar-refractivity contribution in [1.29, 1.82) is 0 Å². The Morgan fingerprint density at radius 2 is 1.57 bits per heavy atom. The second-order valence-corrected chi connectivity index (χ2v) is 6.57. The van der Waals surface area contributed by atoms with Gasteiger partial charge in [0.25, 0.3) is 0 Å². The van der Waals surface area contributed by atoms with Gasteiger partial charge >= 0.3 is 5.97 Å². The number of hydrogen-bond donors (Lipinski definition) is 0. The maximum atomic E-state index is 12.3. The maximum Gasteiger partial charge on any atom is 0.363 e. The summed E-state index contributed by atoms with van der Waals surface area (Å²) in [5.74, 6) is 1.50. The molecule has 0 bridgehead atoms. The van der Waals surface area contributed by atoms with Gasteiger partial charge in [0.05, 0.1) is 21.3 Å². The van der Waals surface area contributed by atoms with E-state index in [2.05, 4.69) is 18.8 Å². The predicted octanol–water partition coefficient (Wildman–Crippen LogP) is 4.18. The number of cyclic esters (lactones) is 1. The number of ether oxygens (including phenoxy) is 4. The molecule has 0 spiro atoms. The second kappa shape index (κ2) is 8.17. The highest BCUT2D eigenvalue weighted by Gasteiger charge is 2.26. The molecule has 0 saturated heterocycles. The third kappa shape index (κ3) is 3.86. The summed E-state index contributed by atoms with van der Waals surface area (Å²) < 4.78 is 21.4. The van der Waals surface area contributed by atoms with Gasteiger partial charge in [0.15, 0.2) is 17.2 Å². The van der Waals surface area contributed by atoms with Crippen molar-refractivity contribution in [2.45, 2.75) is 19.8 Å². The van der Waals surface area contributed by atoms with Crippen LogP contribution in [-0.2, 0) is 9.53 Å². The molecule has 0 aromatic heterocycles. The Labute approximate surface area is 164 Å². The van der Waals surface area contributed by atoms with Crippen molar-refractivity contribution < 1.29 is 23.7 Å². The molecule has 3 rings (SSSR count). The molecular weight excluding hydrogens is 358 g/mol. The lowest BCUT2D eigenvalue weighted by Gasteiger charge is -2.13. The van der Waals surface area contributed by atoms with E-state index in [-0.39, 0.29) is 11.6 Å². The van der Waals surface area contributed by atoms with E-state index < -0.39 is 5.97 Å². The van der Waals surface area contributed by atoms with Crippen LogP contribution in [0.1, 0.15) is 36.5 Å². The molecule has 0 amide bonds. The van der Waals surface area contributed by atoms with E-state index in [0.29, 0.717) is 28.7 Å². The normalized spacial score (nSPS) is 14.9. The van der Waals surface area contributed by atoms with E-state index in [1.54, 1.807) is 18.2 Å². The van der Waals surface area contributed by atoms with Gasteiger partial charge in [-0.05, 0) is 35.3 Å². The number of benzene rings is 2. The Hall–Kier alpha value is -3.28. The molecule has 0 radical (unpaired) electrons.